The largest absolute Gasteiger partial charge is 0.522 e. The van der Waals surface area contributed by atoms with Crippen molar-refractivity contribution in [1.29, 1.82) is 0 Å². The Bertz CT molecular complexity index is 749. The number of alkyl halides is 6. The molecule has 0 atom stereocenters. The van der Waals surface area contributed by atoms with Gasteiger partial charge < -0.3 is 0 Å². The van der Waals surface area contributed by atoms with E-state index in [9.17, 15) is 43.2 Å². The third kappa shape index (κ3) is 5.42. The third-order valence-corrected chi connectivity index (χ3v) is 26.2. The first-order valence-electron chi connectivity index (χ1n) is 8.45. The van der Waals surface area contributed by atoms with Gasteiger partial charge in [0.05, 0.1) is 0 Å². The normalized spacial score (nSPS) is 16.3. The number of halogens is 6. The monoisotopic (exact) mass is 525 g/mol. The molecule has 0 N–H and O–H groups in total. The van der Waals surface area contributed by atoms with Gasteiger partial charge in [0, 0.05) is 0 Å². The van der Waals surface area contributed by atoms with Crippen molar-refractivity contribution in [2.75, 3.05) is 0 Å². The van der Waals surface area contributed by atoms with Crippen molar-refractivity contribution >= 4 is 36.6 Å². The van der Waals surface area contributed by atoms with Crippen molar-refractivity contribution in [2.45, 2.75) is 88.4 Å². The molecule has 6 nitrogen and oxygen atoms in total. The van der Waals surface area contributed by atoms with E-state index >= 15 is 0 Å². The standard InChI is InChI=1S/C14H27F6O6S2Si2/c1-10(2,3)30(11(4,5)6,12(7,8)9)29(25-27(21,22)13(15,16)17)26-28(23,24)14(18,19)20/h1-9H3. The van der Waals surface area contributed by atoms with Gasteiger partial charge >= 0.3 is 40.1 Å². The first-order chi connectivity index (χ1) is 12.6. The molecule has 0 unspecified atom stereocenters. The predicted octanol–water partition coefficient (Wildman–Crippen LogP) is 5.13. The lowest BCUT2D eigenvalue weighted by Gasteiger charge is -2.59. The quantitative estimate of drug-likeness (QED) is 0.281. The number of rotatable bonds is 5. The van der Waals surface area contributed by atoms with Gasteiger partial charge in [-0.1, -0.05) is 62.3 Å². The van der Waals surface area contributed by atoms with Gasteiger partial charge in [-0.2, -0.15) is 43.2 Å². The Labute approximate surface area is 176 Å². The summed E-state index contributed by atoms with van der Waals surface area (Å²) in [5, 5.41) is -3.42. The zero-order chi connectivity index (χ0) is 25.0. The Morgan fingerprint density at radius 3 is 0.900 bits per heavy atom. The minimum atomic E-state index is -6.46. The van der Waals surface area contributed by atoms with Crippen LogP contribution in [0.3, 0.4) is 0 Å². The Balaban J connectivity index is 7.38. The number of hydrogen-bond acceptors (Lipinski definition) is 6. The van der Waals surface area contributed by atoms with E-state index in [1.807, 2.05) is 0 Å². The van der Waals surface area contributed by atoms with Crippen molar-refractivity contribution in [3.05, 3.63) is 0 Å². The Hall–Kier alpha value is -0.166. The SMILES string of the molecule is CC(C)(C)[Si]([Si](OS(=O)(=O)C(F)(F)F)OS(=O)(=O)C(F)(F)F)(C(C)(C)C)C(C)(C)C. The first-order valence-corrected chi connectivity index (χ1v) is 15.6. The summed E-state index contributed by atoms with van der Waals surface area (Å²) in [5.41, 5.74) is -12.0. The molecule has 0 heterocycles. The Morgan fingerprint density at radius 1 is 0.567 bits per heavy atom. The van der Waals surface area contributed by atoms with Crippen LogP contribution in [-0.4, -0.2) is 44.2 Å². The molecule has 16 heteroatoms. The van der Waals surface area contributed by atoms with Gasteiger partial charge in [-0.3, -0.25) is 7.74 Å². The van der Waals surface area contributed by atoms with Crippen LogP contribution < -0.4 is 0 Å². The van der Waals surface area contributed by atoms with E-state index in [1.54, 1.807) is 0 Å². The number of hydrogen-bond donors (Lipinski definition) is 0. The summed E-state index contributed by atoms with van der Waals surface area (Å²) in [7, 11) is -21.2. The van der Waals surface area contributed by atoms with Crippen molar-refractivity contribution in [1.82, 2.24) is 0 Å². The summed E-state index contributed by atoms with van der Waals surface area (Å²) in [6.07, 6.45) is 0. The molecule has 0 aromatic carbocycles. The molecule has 0 aliphatic rings. The van der Waals surface area contributed by atoms with Crippen LogP contribution in [0.5, 0.6) is 0 Å². The maximum absolute atomic E-state index is 13.0. The molecule has 0 rings (SSSR count). The van der Waals surface area contributed by atoms with E-state index in [2.05, 4.69) is 7.74 Å². The average Bonchev–Trinajstić information content (AvgIpc) is 2.28. The highest BCUT2D eigenvalue weighted by molar-refractivity contribution is 7.90. The molecule has 0 fully saturated rings. The van der Waals surface area contributed by atoms with E-state index in [4.69, 9.17) is 0 Å². The second-order valence-electron chi connectivity index (χ2n) is 9.75. The van der Waals surface area contributed by atoms with Crippen molar-refractivity contribution in [2.24, 2.45) is 0 Å². The van der Waals surface area contributed by atoms with Crippen molar-refractivity contribution < 1.29 is 50.9 Å². The molecule has 0 aromatic rings. The second-order valence-corrected chi connectivity index (χ2v) is 23.9. The molecule has 0 saturated carbocycles. The second kappa shape index (κ2) is 8.00. The summed E-state index contributed by atoms with van der Waals surface area (Å²) in [5.74, 6) is 0. The van der Waals surface area contributed by atoms with Crippen LogP contribution in [0.25, 0.3) is 0 Å². The average molecular weight is 526 g/mol. The van der Waals surface area contributed by atoms with E-state index in [1.165, 1.54) is 62.3 Å². The molecule has 0 aliphatic heterocycles. The van der Waals surface area contributed by atoms with Gasteiger partial charge in [0.1, 0.15) is 7.59 Å². The van der Waals surface area contributed by atoms with Crippen LogP contribution in [0.2, 0.25) is 15.1 Å². The van der Waals surface area contributed by atoms with E-state index in [-0.39, 0.29) is 0 Å². The van der Waals surface area contributed by atoms with Crippen LogP contribution in [0, 0.1) is 0 Å². The summed E-state index contributed by atoms with van der Waals surface area (Å²) in [6.45, 7) is 13.4. The molecule has 0 spiro atoms. The lowest BCUT2D eigenvalue weighted by atomic mass is 10.2. The summed E-state index contributed by atoms with van der Waals surface area (Å²) >= 11 is 0. The van der Waals surface area contributed by atoms with Crippen LogP contribution in [-0.2, 0) is 28.0 Å². The van der Waals surface area contributed by atoms with Gasteiger partial charge in [0.2, 0.25) is 0 Å². The fourth-order valence-corrected chi connectivity index (χ4v) is 26.8. The van der Waals surface area contributed by atoms with E-state index in [0.717, 1.165) is 0 Å². The predicted molar refractivity (Wildman–Crippen MR) is 103 cm³/mol. The molecule has 1 radical (unpaired) electrons. The summed E-state index contributed by atoms with van der Waals surface area (Å²) in [4.78, 5) is 0. The minimum absolute atomic E-state index is 1.14. The molecule has 181 valence electrons. The maximum Gasteiger partial charge on any atom is 0.522 e. The Kier molecular flexibility index (Phi) is 7.96. The smallest absolute Gasteiger partial charge is 0.277 e. The van der Waals surface area contributed by atoms with Crippen LogP contribution in [0.15, 0.2) is 0 Å². The van der Waals surface area contributed by atoms with Crippen LogP contribution in [0.1, 0.15) is 62.3 Å². The van der Waals surface area contributed by atoms with Gasteiger partial charge in [-0.15, -0.1) is 0 Å². The van der Waals surface area contributed by atoms with Gasteiger partial charge in [0.15, 0.2) is 0 Å². The topological polar surface area (TPSA) is 86.7 Å². The third-order valence-electron chi connectivity index (χ3n) is 4.62. The maximum atomic E-state index is 13.0. The van der Waals surface area contributed by atoms with Crippen molar-refractivity contribution in [3.63, 3.8) is 0 Å². The molecular weight excluding hydrogens is 498 g/mol. The van der Waals surface area contributed by atoms with Gasteiger partial charge in [-0.25, -0.2) is 0 Å². The first kappa shape index (κ1) is 29.8. The molecular formula is C14H27F6O6S2Si2. The summed E-state index contributed by atoms with van der Waals surface area (Å²) < 4.78 is 134. The summed E-state index contributed by atoms with van der Waals surface area (Å²) in [6, 6.07) is 0. The zero-order valence-electron chi connectivity index (χ0n) is 18.0. The molecule has 0 aromatic heterocycles. The lowest BCUT2D eigenvalue weighted by molar-refractivity contribution is -0.0523. The van der Waals surface area contributed by atoms with E-state index in [0.29, 0.717) is 0 Å². The Morgan fingerprint density at radius 2 is 0.767 bits per heavy atom. The molecule has 0 saturated heterocycles. The highest BCUT2D eigenvalue weighted by Gasteiger charge is 2.71. The molecule has 0 bridgehead atoms. The molecule has 0 amide bonds. The van der Waals surface area contributed by atoms with Crippen LogP contribution in [0.4, 0.5) is 26.3 Å². The molecule has 30 heavy (non-hydrogen) atoms. The fourth-order valence-electron chi connectivity index (χ4n) is 4.73. The molecule has 0 aliphatic carbocycles. The lowest BCUT2D eigenvalue weighted by Crippen LogP contribution is -2.71. The minimum Gasteiger partial charge on any atom is -0.277 e. The highest BCUT2D eigenvalue weighted by Crippen LogP contribution is 2.63. The fraction of sp³-hybridized carbons (Fsp3) is 1.00. The van der Waals surface area contributed by atoms with Gasteiger partial charge in [0.25, 0.3) is 0 Å². The highest BCUT2D eigenvalue weighted by atomic mass is 32.2. The zero-order valence-corrected chi connectivity index (χ0v) is 21.7. The van der Waals surface area contributed by atoms with E-state index < -0.39 is 62.8 Å². The van der Waals surface area contributed by atoms with Crippen LogP contribution >= 0.6 is 0 Å². The van der Waals surface area contributed by atoms with Crippen molar-refractivity contribution in [3.8, 4) is 0 Å². The van der Waals surface area contributed by atoms with Gasteiger partial charge in [-0.05, 0) is 15.1 Å².